The van der Waals surface area contributed by atoms with Crippen molar-refractivity contribution < 1.29 is 4.74 Å². The highest BCUT2D eigenvalue weighted by molar-refractivity contribution is 5.21. The molecule has 0 aliphatic heterocycles. The van der Waals surface area contributed by atoms with E-state index in [-0.39, 0.29) is 0 Å². The Morgan fingerprint density at radius 3 is 2.25 bits per heavy atom. The number of aryl methyl sites for hydroxylation is 1. The number of benzene rings is 2. The van der Waals surface area contributed by atoms with Crippen LogP contribution in [0.25, 0.3) is 0 Å². The highest BCUT2D eigenvalue weighted by Gasteiger charge is 1.94. The van der Waals surface area contributed by atoms with Crippen molar-refractivity contribution in [2.24, 2.45) is 0 Å². The summed E-state index contributed by atoms with van der Waals surface area (Å²) in [6, 6.07) is 18.7. The van der Waals surface area contributed by atoms with Gasteiger partial charge in [-0.05, 0) is 18.1 Å². The Balaban J connectivity index is 1.85. The molecule has 1 heteroatoms. The summed E-state index contributed by atoms with van der Waals surface area (Å²) in [5.41, 5.74) is 3.73. The summed E-state index contributed by atoms with van der Waals surface area (Å²) >= 11 is 0. The van der Waals surface area contributed by atoms with E-state index in [9.17, 15) is 0 Å². The first-order valence-corrected chi connectivity index (χ1v) is 5.52. The van der Waals surface area contributed by atoms with Gasteiger partial charge in [0, 0.05) is 0 Å². The molecule has 82 valence electrons. The third-order valence-corrected chi connectivity index (χ3v) is 2.46. The molecule has 0 saturated heterocycles. The van der Waals surface area contributed by atoms with E-state index in [0.29, 0.717) is 13.2 Å². The van der Waals surface area contributed by atoms with Crippen LogP contribution in [0.2, 0.25) is 0 Å². The maximum Gasteiger partial charge on any atom is 0.0721 e. The zero-order chi connectivity index (χ0) is 11.2. The van der Waals surface area contributed by atoms with Crippen molar-refractivity contribution in [2.45, 2.75) is 20.1 Å². The predicted octanol–water partition coefficient (Wildman–Crippen LogP) is 3.71. The van der Waals surface area contributed by atoms with Crippen LogP contribution in [0.15, 0.2) is 54.6 Å². The Morgan fingerprint density at radius 2 is 1.50 bits per heavy atom. The van der Waals surface area contributed by atoms with Crippen LogP contribution in [0.4, 0.5) is 0 Å². The molecular weight excluding hydrogens is 196 g/mol. The fourth-order valence-electron chi connectivity index (χ4n) is 1.66. The average molecular weight is 212 g/mol. The molecule has 0 aliphatic carbocycles. The molecule has 0 unspecified atom stereocenters. The lowest BCUT2D eigenvalue weighted by Gasteiger charge is -2.05. The van der Waals surface area contributed by atoms with Crippen LogP contribution in [-0.2, 0) is 18.0 Å². The van der Waals surface area contributed by atoms with Crippen molar-refractivity contribution in [3.8, 4) is 0 Å². The standard InChI is InChI=1S/C15H16O/c1-13-6-5-9-15(10-13)12-16-11-14-7-3-2-4-8-14/h2-10H,11-12H2,1H3. The summed E-state index contributed by atoms with van der Waals surface area (Å²) in [5.74, 6) is 0. The summed E-state index contributed by atoms with van der Waals surface area (Å²) in [6.07, 6.45) is 0. The molecule has 2 rings (SSSR count). The quantitative estimate of drug-likeness (QED) is 0.750. The Morgan fingerprint density at radius 1 is 0.812 bits per heavy atom. The van der Waals surface area contributed by atoms with Gasteiger partial charge in [0.15, 0.2) is 0 Å². The van der Waals surface area contributed by atoms with E-state index in [4.69, 9.17) is 4.74 Å². The molecule has 2 aromatic rings. The van der Waals surface area contributed by atoms with Gasteiger partial charge in [-0.15, -0.1) is 0 Å². The second-order valence-corrected chi connectivity index (χ2v) is 3.97. The van der Waals surface area contributed by atoms with Crippen molar-refractivity contribution in [3.05, 3.63) is 71.3 Å². The summed E-state index contributed by atoms with van der Waals surface area (Å²) in [7, 11) is 0. The molecular formula is C15H16O. The maximum atomic E-state index is 5.66. The van der Waals surface area contributed by atoms with E-state index in [1.54, 1.807) is 0 Å². The molecule has 0 spiro atoms. The molecule has 0 atom stereocenters. The first-order valence-electron chi connectivity index (χ1n) is 5.52. The molecule has 0 bridgehead atoms. The van der Waals surface area contributed by atoms with E-state index in [1.165, 1.54) is 16.7 Å². The zero-order valence-corrected chi connectivity index (χ0v) is 9.52. The molecule has 16 heavy (non-hydrogen) atoms. The van der Waals surface area contributed by atoms with Crippen LogP contribution in [0.5, 0.6) is 0 Å². The van der Waals surface area contributed by atoms with E-state index in [0.717, 1.165) is 0 Å². The Bertz CT molecular complexity index is 434. The molecule has 0 N–H and O–H groups in total. The van der Waals surface area contributed by atoms with Crippen LogP contribution >= 0.6 is 0 Å². The second kappa shape index (κ2) is 5.47. The van der Waals surface area contributed by atoms with E-state index >= 15 is 0 Å². The number of rotatable bonds is 4. The van der Waals surface area contributed by atoms with Crippen molar-refractivity contribution >= 4 is 0 Å². The lowest BCUT2D eigenvalue weighted by atomic mass is 10.1. The van der Waals surface area contributed by atoms with Gasteiger partial charge in [-0.3, -0.25) is 0 Å². The number of hydrogen-bond acceptors (Lipinski definition) is 1. The van der Waals surface area contributed by atoms with Gasteiger partial charge in [-0.1, -0.05) is 60.2 Å². The maximum absolute atomic E-state index is 5.66. The van der Waals surface area contributed by atoms with Crippen LogP contribution in [0.3, 0.4) is 0 Å². The summed E-state index contributed by atoms with van der Waals surface area (Å²) < 4.78 is 5.66. The van der Waals surface area contributed by atoms with Crippen LogP contribution in [0, 0.1) is 6.92 Å². The smallest absolute Gasteiger partial charge is 0.0721 e. The van der Waals surface area contributed by atoms with Crippen molar-refractivity contribution in [3.63, 3.8) is 0 Å². The highest BCUT2D eigenvalue weighted by atomic mass is 16.5. The van der Waals surface area contributed by atoms with E-state index in [2.05, 4.69) is 43.3 Å². The van der Waals surface area contributed by atoms with Crippen molar-refractivity contribution in [1.82, 2.24) is 0 Å². The minimum Gasteiger partial charge on any atom is -0.372 e. The summed E-state index contributed by atoms with van der Waals surface area (Å²) in [6.45, 7) is 3.45. The molecule has 0 heterocycles. The predicted molar refractivity (Wildman–Crippen MR) is 66.1 cm³/mol. The minimum absolute atomic E-state index is 0.675. The fourth-order valence-corrected chi connectivity index (χ4v) is 1.66. The first-order chi connectivity index (χ1) is 7.84. The van der Waals surface area contributed by atoms with E-state index < -0.39 is 0 Å². The Kier molecular flexibility index (Phi) is 3.73. The van der Waals surface area contributed by atoms with Gasteiger partial charge in [0.05, 0.1) is 13.2 Å². The molecule has 0 fully saturated rings. The molecule has 0 aliphatic rings. The third-order valence-electron chi connectivity index (χ3n) is 2.46. The molecule has 0 aromatic heterocycles. The SMILES string of the molecule is Cc1cccc(COCc2ccccc2)c1. The molecule has 0 saturated carbocycles. The largest absolute Gasteiger partial charge is 0.372 e. The van der Waals surface area contributed by atoms with Gasteiger partial charge in [-0.25, -0.2) is 0 Å². The lowest BCUT2D eigenvalue weighted by molar-refractivity contribution is 0.107. The van der Waals surface area contributed by atoms with Crippen LogP contribution < -0.4 is 0 Å². The van der Waals surface area contributed by atoms with Crippen LogP contribution in [-0.4, -0.2) is 0 Å². The highest BCUT2D eigenvalue weighted by Crippen LogP contribution is 2.07. The summed E-state index contributed by atoms with van der Waals surface area (Å²) in [5, 5.41) is 0. The topological polar surface area (TPSA) is 9.23 Å². The average Bonchev–Trinajstić information content (AvgIpc) is 2.30. The monoisotopic (exact) mass is 212 g/mol. The fraction of sp³-hybridized carbons (Fsp3) is 0.200. The molecule has 2 aromatic carbocycles. The molecule has 0 amide bonds. The zero-order valence-electron chi connectivity index (χ0n) is 9.52. The Hall–Kier alpha value is -1.60. The normalized spacial score (nSPS) is 10.3. The van der Waals surface area contributed by atoms with Crippen LogP contribution in [0.1, 0.15) is 16.7 Å². The first kappa shape index (κ1) is 10.9. The van der Waals surface area contributed by atoms with Gasteiger partial charge in [-0.2, -0.15) is 0 Å². The van der Waals surface area contributed by atoms with Gasteiger partial charge in [0.25, 0.3) is 0 Å². The lowest BCUT2D eigenvalue weighted by Crippen LogP contribution is -1.94. The number of hydrogen-bond donors (Lipinski definition) is 0. The number of ether oxygens (including phenoxy) is 1. The molecule has 0 radical (unpaired) electrons. The second-order valence-electron chi connectivity index (χ2n) is 3.97. The van der Waals surface area contributed by atoms with Gasteiger partial charge >= 0.3 is 0 Å². The third kappa shape index (κ3) is 3.21. The molecule has 1 nitrogen and oxygen atoms in total. The minimum atomic E-state index is 0.675. The summed E-state index contributed by atoms with van der Waals surface area (Å²) in [4.78, 5) is 0. The Labute approximate surface area is 96.7 Å². The van der Waals surface area contributed by atoms with E-state index in [1.807, 2.05) is 18.2 Å². The van der Waals surface area contributed by atoms with Crippen molar-refractivity contribution in [1.29, 1.82) is 0 Å². The van der Waals surface area contributed by atoms with Gasteiger partial charge in [0.1, 0.15) is 0 Å². The van der Waals surface area contributed by atoms with Gasteiger partial charge in [0.2, 0.25) is 0 Å². The van der Waals surface area contributed by atoms with Crippen molar-refractivity contribution in [2.75, 3.05) is 0 Å². The van der Waals surface area contributed by atoms with Gasteiger partial charge < -0.3 is 4.74 Å².